The number of nitrogens with one attached hydrogen (secondary N) is 1. The first-order valence-corrected chi connectivity index (χ1v) is 8.62. The Morgan fingerprint density at radius 1 is 1.32 bits per heavy atom. The molecule has 0 aliphatic carbocycles. The molecule has 1 fully saturated rings. The molecule has 3 aromatic heterocycles. The van der Waals surface area contributed by atoms with Gasteiger partial charge in [0.05, 0.1) is 6.20 Å². The molecule has 0 unspecified atom stereocenters. The molecule has 1 N–H and O–H groups in total. The number of likely N-dealkylation sites (tertiary alicyclic amines) is 1. The fourth-order valence-corrected chi connectivity index (χ4v) is 3.24. The molecule has 8 heteroatoms. The quantitative estimate of drug-likeness (QED) is 0.794. The van der Waals surface area contributed by atoms with Gasteiger partial charge in [-0.1, -0.05) is 6.07 Å². The molecule has 0 spiro atoms. The maximum Gasteiger partial charge on any atom is 0.324 e. The van der Waals surface area contributed by atoms with Crippen molar-refractivity contribution < 1.29 is 4.79 Å². The van der Waals surface area contributed by atoms with Crippen LogP contribution in [0.5, 0.6) is 0 Å². The van der Waals surface area contributed by atoms with E-state index in [-0.39, 0.29) is 6.03 Å². The first-order chi connectivity index (χ1) is 12.2. The Labute approximate surface area is 145 Å². The molecule has 0 bridgehead atoms. The predicted molar refractivity (Wildman–Crippen MR) is 93.5 cm³/mol. The lowest BCUT2D eigenvalue weighted by Gasteiger charge is -2.31. The van der Waals surface area contributed by atoms with Gasteiger partial charge in [0.1, 0.15) is 0 Å². The highest BCUT2D eigenvalue weighted by molar-refractivity contribution is 5.87. The molecule has 0 radical (unpaired) electrons. The summed E-state index contributed by atoms with van der Waals surface area (Å²) >= 11 is 0. The van der Waals surface area contributed by atoms with Crippen LogP contribution in [0.1, 0.15) is 31.2 Å². The molecular formula is C17H21N7O. The number of anilines is 1. The van der Waals surface area contributed by atoms with Gasteiger partial charge in [-0.05, 0) is 43.4 Å². The van der Waals surface area contributed by atoms with E-state index in [0.29, 0.717) is 17.5 Å². The zero-order valence-electron chi connectivity index (χ0n) is 14.2. The third-order valence-corrected chi connectivity index (χ3v) is 4.69. The highest BCUT2D eigenvalue weighted by Gasteiger charge is 2.25. The smallest absolute Gasteiger partial charge is 0.324 e. The fourth-order valence-electron chi connectivity index (χ4n) is 3.24. The first kappa shape index (κ1) is 15.6. The summed E-state index contributed by atoms with van der Waals surface area (Å²) in [6, 6.07) is 5.48. The van der Waals surface area contributed by atoms with Crippen LogP contribution in [-0.2, 0) is 6.54 Å². The molecule has 0 atom stereocenters. The molecule has 1 saturated heterocycles. The van der Waals surface area contributed by atoms with E-state index in [1.807, 2.05) is 34.0 Å². The lowest BCUT2D eigenvalue weighted by molar-refractivity contribution is 0.194. The molecule has 1 aliphatic heterocycles. The molecule has 130 valence electrons. The molecule has 2 amide bonds. The lowest BCUT2D eigenvalue weighted by Crippen LogP contribution is -2.40. The summed E-state index contributed by atoms with van der Waals surface area (Å²) in [6.07, 6.45) is 7.76. The SMILES string of the molecule is CCn1cc(C2CCN(C(=O)Nc3nc4ccccn4n3)CC2)cn1. The van der Waals surface area contributed by atoms with E-state index in [2.05, 4.69) is 33.6 Å². The zero-order valence-corrected chi connectivity index (χ0v) is 14.2. The number of rotatable bonds is 3. The Morgan fingerprint density at radius 3 is 2.88 bits per heavy atom. The standard InChI is InChI=1S/C17H21N7O/c1-2-23-12-14(11-18-23)13-6-9-22(10-7-13)17(25)20-16-19-15-5-3-4-8-24(15)21-16/h3-5,8,11-13H,2,6-7,9-10H2,1H3,(H,20,21,25). The largest absolute Gasteiger partial charge is 0.324 e. The van der Waals surface area contributed by atoms with Crippen LogP contribution in [0.4, 0.5) is 10.7 Å². The average molecular weight is 339 g/mol. The Morgan fingerprint density at radius 2 is 2.16 bits per heavy atom. The third-order valence-electron chi connectivity index (χ3n) is 4.69. The van der Waals surface area contributed by atoms with Crippen LogP contribution in [0.15, 0.2) is 36.8 Å². The van der Waals surface area contributed by atoms with E-state index >= 15 is 0 Å². The fraction of sp³-hybridized carbons (Fsp3) is 0.412. The highest BCUT2D eigenvalue weighted by Crippen LogP contribution is 2.27. The number of hydrogen-bond donors (Lipinski definition) is 1. The third kappa shape index (κ3) is 3.19. The lowest BCUT2D eigenvalue weighted by atomic mass is 9.92. The van der Waals surface area contributed by atoms with Crippen molar-refractivity contribution in [1.82, 2.24) is 29.3 Å². The number of nitrogens with zero attached hydrogens (tertiary/aromatic N) is 6. The maximum absolute atomic E-state index is 12.4. The van der Waals surface area contributed by atoms with Crippen LogP contribution in [-0.4, -0.2) is 48.4 Å². The predicted octanol–water partition coefficient (Wildman–Crippen LogP) is 2.36. The Bertz CT molecular complexity index is 843. The zero-order chi connectivity index (χ0) is 17.2. The summed E-state index contributed by atoms with van der Waals surface area (Å²) in [5.74, 6) is 0.806. The summed E-state index contributed by atoms with van der Waals surface area (Å²) in [5, 5.41) is 11.4. The number of aryl methyl sites for hydroxylation is 1. The Hall–Kier alpha value is -2.90. The van der Waals surface area contributed by atoms with Crippen LogP contribution in [0.25, 0.3) is 5.65 Å². The number of carbonyl (C=O) groups is 1. The first-order valence-electron chi connectivity index (χ1n) is 8.62. The topological polar surface area (TPSA) is 80.4 Å². The second-order valence-corrected chi connectivity index (χ2v) is 6.26. The van der Waals surface area contributed by atoms with Crippen LogP contribution in [0, 0.1) is 0 Å². The number of piperidine rings is 1. The van der Waals surface area contributed by atoms with Crippen molar-refractivity contribution in [3.05, 3.63) is 42.4 Å². The number of pyridine rings is 1. The molecule has 25 heavy (non-hydrogen) atoms. The van der Waals surface area contributed by atoms with Gasteiger partial charge < -0.3 is 4.90 Å². The van der Waals surface area contributed by atoms with E-state index in [1.54, 1.807) is 10.7 Å². The van der Waals surface area contributed by atoms with Gasteiger partial charge in [0.15, 0.2) is 5.65 Å². The van der Waals surface area contributed by atoms with E-state index in [1.165, 1.54) is 5.56 Å². The van der Waals surface area contributed by atoms with Gasteiger partial charge in [-0.2, -0.15) is 10.1 Å². The molecule has 1 aliphatic rings. The van der Waals surface area contributed by atoms with Crippen molar-refractivity contribution in [1.29, 1.82) is 0 Å². The van der Waals surface area contributed by atoms with Gasteiger partial charge in [0.25, 0.3) is 5.95 Å². The van der Waals surface area contributed by atoms with E-state index in [0.717, 1.165) is 32.5 Å². The number of aromatic nitrogens is 5. The van der Waals surface area contributed by atoms with Crippen molar-refractivity contribution >= 4 is 17.6 Å². The van der Waals surface area contributed by atoms with E-state index in [4.69, 9.17) is 0 Å². The molecular weight excluding hydrogens is 318 g/mol. The molecule has 4 heterocycles. The van der Waals surface area contributed by atoms with Gasteiger partial charge in [-0.25, -0.2) is 9.31 Å². The normalized spacial score (nSPS) is 15.6. The number of amides is 2. The monoisotopic (exact) mass is 339 g/mol. The summed E-state index contributed by atoms with van der Waals surface area (Å²) in [4.78, 5) is 18.6. The van der Waals surface area contributed by atoms with Crippen LogP contribution >= 0.6 is 0 Å². The van der Waals surface area contributed by atoms with Crippen LogP contribution in [0.3, 0.4) is 0 Å². The number of hydrogen-bond acceptors (Lipinski definition) is 4. The number of urea groups is 1. The Kier molecular flexibility index (Phi) is 4.09. The highest BCUT2D eigenvalue weighted by atomic mass is 16.2. The summed E-state index contributed by atoms with van der Waals surface area (Å²) in [7, 11) is 0. The molecule has 4 rings (SSSR count). The summed E-state index contributed by atoms with van der Waals surface area (Å²) in [6.45, 7) is 4.41. The average Bonchev–Trinajstić information content (AvgIpc) is 3.28. The summed E-state index contributed by atoms with van der Waals surface area (Å²) < 4.78 is 3.59. The molecule has 0 aromatic carbocycles. The van der Waals surface area contributed by atoms with Crippen molar-refractivity contribution in [3.8, 4) is 0 Å². The van der Waals surface area contributed by atoms with Crippen LogP contribution in [0.2, 0.25) is 0 Å². The van der Waals surface area contributed by atoms with Crippen molar-refractivity contribution in [2.45, 2.75) is 32.2 Å². The van der Waals surface area contributed by atoms with Crippen molar-refractivity contribution in [2.75, 3.05) is 18.4 Å². The molecule has 0 saturated carbocycles. The minimum Gasteiger partial charge on any atom is -0.324 e. The summed E-state index contributed by atoms with van der Waals surface area (Å²) in [5.41, 5.74) is 1.98. The van der Waals surface area contributed by atoms with Gasteiger partial charge in [0.2, 0.25) is 0 Å². The maximum atomic E-state index is 12.4. The minimum absolute atomic E-state index is 0.140. The minimum atomic E-state index is -0.140. The van der Waals surface area contributed by atoms with Crippen LogP contribution < -0.4 is 5.32 Å². The van der Waals surface area contributed by atoms with Crippen molar-refractivity contribution in [3.63, 3.8) is 0 Å². The number of carbonyl (C=O) groups excluding carboxylic acids is 1. The number of fused-ring (bicyclic) bond motifs is 1. The van der Waals surface area contributed by atoms with Gasteiger partial charge in [0, 0.05) is 32.0 Å². The van der Waals surface area contributed by atoms with E-state index in [9.17, 15) is 4.79 Å². The van der Waals surface area contributed by atoms with Crippen molar-refractivity contribution in [2.24, 2.45) is 0 Å². The van der Waals surface area contributed by atoms with E-state index < -0.39 is 0 Å². The molecule has 8 nitrogen and oxygen atoms in total. The van der Waals surface area contributed by atoms with Gasteiger partial charge in [-0.15, -0.1) is 5.10 Å². The Balaban J connectivity index is 1.36. The molecule has 3 aromatic rings. The van der Waals surface area contributed by atoms with Gasteiger partial charge in [-0.3, -0.25) is 10.00 Å². The second-order valence-electron chi connectivity index (χ2n) is 6.26. The second kappa shape index (κ2) is 6.54. The van der Waals surface area contributed by atoms with Gasteiger partial charge >= 0.3 is 6.03 Å².